The molecule has 0 aromatic heterocycles. The van der Waals surface area contributed by atoms with E-state index in [0.717, 1.165) is 38.5 Å². The van der Waals surface area contributed by atoms with Gasteiger partial charge in [0.1, 0.15) is 0 Å². The molecule has 1 aromatic rings. The highest BCUT2D eigenvalue weighted by Crippen LogP contribution is 2.70. The Labute approximate surface area is 176 Å². The molecule has 0 radical (unpaired) electrons. The van der Waals surface area contributed by atoms with Gasteiger partial charge in [0.05, 0.1) is 5.41 Å². The van der Waals surface area contributed by atoms with E-state index in [-0.39, 0.29) is 16.4 Å². The standard InChI is InChI=1S/C26H38N2O/c1-23-14-20-15-24(17-23,21-8-4-2-5-9-21)19-25(16-20,18-23)22(29)28-26(12-13-27)10-6-3-7-11-26/h2,4-5,8-9,20H,3,6-7,10-19,27H2,1H3,(H,28,29)/t20?,23-,24-,25?/m1/s1. The summed E-state index contributed by atoms with van der Waals surface area (Å²) in [5.74, 6) is 1.06. The third-order valence-corrected chi connectivity index (χ3v) is 9.03. The van der Waals surface area contributed by atoms with Crippen molar-refractivity contribution in [2.24, 2.45) is 22.5 Å². The summed E-state index contributed by atoms with van der Waals surface area (Å²) < 4.78 is 0. The van der Waals surface area contributed by atoms with Gasteiger partial charge in [0.15, 0.2) is 0 Å². The zero-order valence-corrected chi connectivity index (χ0v) is 18.1. The summed E-state index contributed by atoms with van der Waals surface area (Å²) in [5, 5.41) is 3.66. The van der Waals surface area contributed by atoms with Crippen LogP contribution in [0.25, 0.3) is 0 Å². The normalized spacial score (nSPS) is 40.0. The maximum absolute atomic E-state index is 14.0. The summed E-state index contributed by atoms with van der Waals surface area (Å²) in [6, 6.07) is 11.1. The lowest BCUT2D eigenvalue weighted by Gasteiger charge is -2.66. The van der Waals surface area contributed by atoms with Crippen LogP contribution in [0.1, 0.15) is 89.5 Å². The molecule has 2 unspecified atom stereocenters. The zero-order chi connectivity index (χ0) is 20.2. The van der Waals surface area contributed by atoms with E-state index in [0.29, 0.717) is 23.8 Å². The summed E-state index contributed by atoms with van der Waals surface area (Å²) in [6.45, 7) is 3.13. The van der Waals surface area contributed by atoms with Crippen LogP contribution in [-0.4, -0.2) is 18.0 Å². The van der Waals surface area contributed by atoms with Crippen LogP contribution in [-0.2, 0) is 10.2 Å². The fourth-order valence-electron chi connectivity index (χ4n) is 8.60. The van der Waals surface area contributed by atoms with E-state index in [4.69, 9.17) is 5.73 Å². The van der Waals surface area contributed by atoms with Crippen molar-refractivity contribution in [3.63, 3.8) is 0 Å². The first-order valence-electron chi connectivity index (χ1n) is 12.0. The topological polar surface area (TPSA) is 55.1 Å². The van der Waals surface area contributed by atoms with Crippen LogP contribution < -0.4 is 11.1 Å². The number of nitrogens with one attached hydrogen (secondary N) is 1. The first kappa shape index (κ1) is 19.6. The molecule has 1 aromatic carbocycles. The van der Waals surface area contributed by atoms with E-state index in [2.05, 4.69) is 42.6 Å². The van der Waals surface area contributed by atoms with Crippen molar-refractivity contribution in [2.75, 3.05) is 6.54 Å². The number of amides is 1. The molecule has 5 aliphatic carbocycles. The fourth-order valence-corrected chi connectivity index (χ4v) is 8.60. The van der Waals surface area contributed by atoms with Crippen molar-refractivity contribution < 1.29 is 4.79 Å². The quantitative estimate of drug-likeness (QED) is 0.731. The Morgan fingerprint density at radius 1 is 1.03 bits per heavy atom. The predicted octanol–water partition coefficient (Wildman–Crippen LogP) is 5.08. The molecule has 5 aliphatic rings. The summed E-state index contributed by atoms with van der Waals surface area (Å²) in [5.41, 5.74) is 7.74. The lowest BCUT2D eigenvalue weighted by molar-refractivity contribution is -0.162. The van der Waals surface area contributed by atoms with Gasteiger partial charge in [-0.15, -0.1) is 0 Å². The van der Waals surface area contributed by atoms with Crippen molar-refractivity contribution in [1.82, 2.24) is 5.32 Å². The number of benzene rings is 1. The van der Waals surface area contributed by atoms with Gasteiger partial charge in [-0.1, -0.05) is 56.5 Å². The Bertz CT molecular complexity index is 765. The van der Waals surface area contributed by atoms with Crippen LogP contribution in [0.15, 0.2) is 30.3 Å². The molecule has 5 fully saturated rings. The number of rotatable bonds is 5. The Hall–Kier alpha value is -1.35. The Morgan fingerprint density at radius 2 is 1.79 bits per heavy atom. The minimum Gasteiger partial charge on any atom is -0.350 e. The smallest absolute Gasteiger partial charge is 0.226 e. The minimum absolute atomic E-state index is 0.0474. The molecule has 4 atom stereocenters. The van der Waals surface area contributed by atoms with Gasteiger partial charge in [-0.2, -0.15) is 0 Å². The largest absolute Gasteiger partial charge is 0.350 e. The first-order chi connectivity index (χ1) is 13.9. The van der Waals surface area contributed by atoms with Crippen LogP contribution >= 0.6 is 0 Å². The van der Waals surface area contributed by atoms with Crippen molar-refractivity contribution in [3.05, 3.63) is 35.9 Å². The van der Waals surface area contributed by atoms with Crippen LogP contribution in [0.5, 0.6) is 0 Å². The first-order valence-corrected chi connectivity index (χ1v) is 12.0. The highest BCUT2D eigenvalue weighted by atomic mass is 16.2. The van der Waals surface area contributed by atoms with Crippen LogP contribution in [0.4, 0.5) is 0 Å². The molecular formula is C26H38N2O. The fraction of sp³-hybridized carbons (Fsp3) is 0.731. The van der Waals surface area contributed by atoms with Gasteiger partial charge in [-0.25, -0.2) is 0 Å². The summed E-state index contributed by atoms with van der Waals surface area (Å²) in [6.07, 6.45) is 13.9. The SMILES string of the molecule is C[C@]12CC3CC(C(=O)NC4(CCN)CCCCC4)(C1)C[C@@](c1ccccc1)(C3)C2. The molecule has 4 bridgehead atoms. The highest BCUT2D eigenvalue weighted by Gasteiger charge is 2.64. The molecule has 5 saturated carbocycles. The molecule has 0 saturated heterocycles. The van der Waals surface area contributed by atoms with Gasteiger partial charge in [0.25, 0.3) is 0 Å². The van der Waals surface area contributed by atoms with Crippen molar-refractivity contribution in [3.8, 4) is 0 Å². The van der Waals surface area contributed by atoms with Gasteiger partial charge in [0, 0.05) is 5.54 Å². The Balaban J connectivity index is 1.47. The Kier molecular flexibility index (Phi) is 4.62. The molecule has 0 heterocycles. The van der Waals surface area contributed by atoms with E-state index < -0.39 is 0 Å². The number of hydrogen-bond donors (Lipinski definition) is 2. The van der Waals surface area contributed by atoms with Gasteiger partial charge in [-0.3, -0.25) is 4.79 Å². The van der Waals surface area contributed by atoms with Gasteiger partial charge >= 0.3 is 0 Å². The van der Waals surface area contributed by atoms with Crippen LogP contribution in [0.3, 0.4) is 0 Å². The van der Waals surface area contributed by atoms with Crippen molar-refractivity contribution in [2.45, 2.75) is 94.9 Å². The van der Waals surface area contributed by atoms with Crippen LogP contribution in [0, 0.1) is 16.7 Å². The number of carbonyl (C=O) groups excluding carboxylic acids is 1. The molecule has 6 rings (SSSR count). The molecular weight excluding hydrogens is 356 g/mol. The number of carbonyl (C=O) groups is 1. The molecule has 0 aliphatic heterocycles. The second-order valence-electron chi connectivity index (χ2n) is 11.6. The second kappa shape index (κ2) is 6.83. The average molecular weight is 395 g/mol. The molecule has 3 N–H and O–H groups in total. The lowest BCUT2D eigenvalue weighted by Crippen LogP contribution is -2.64. The number of hydrogen-bond acceptors (Lipinski definition) is 2. The Morgan fingerprint density at radius 3 is 2.48 bits per heavy atom. The third kappa shape index (κ3) is 3.24. The summed E-state index contributed by atoms with van der Waals surface area (Å²) in [7, 11) is 0. The van der Waals surface area contributed by atoms with Crippen molar-refractivity contribution in [1.29, 1.82) is 0 Å². The van der Waals surface area contributed by atoms with Gasteiger partial charge < -0.3 is 11.1 Å². The summed E-state index contributed by atoms with van der Waals surface area (Å²) in [4.78, 5) is 14.0. The molecule has 3 nitrogen and oxygen atoms in total. The molecule has 158 valence electrons. The summed E-state index contributed by atoms with van der Waals surface area (Å²) >= 11 is 0. The zero-order valence-electron chi connectivity index (χ0n) is 18.1. The van der Waals surface area contributed by atoms with E-state index in [1.807, 2.05) is 0 Å². The molecule has 3 heteroatoms. The molecule has 29 heavy (non-hydrogen) atoms. The maximum atomic E-state index is 14.0. The highest BCUT2D eigenvalue weighted by molar-refractivity contribution is 5.84. The van der Waals surface area contributed by atoms with E-state index >= 15 is 0 Å². The van der Waals surface area contributed by atoms with Crippen LogP contribution in [0.2, 0.25) is 0 Å². The predicted molar refractivity (Wildman–Crippen MR) is 117 cm³/mol. The second-order valence-corrected chi connectivity index (χ2v) is 11.6. The minimum atomic E-state index is -0.178. The van der Waals surface area contributed by atoms with E-state index in [1.54, 1.807) is 0 Å². The van der Waals surface area contributed by atoms with Gasteiger partial charge in [-0.05, 0) is 86.6 Å². The molecule has 1 amide bonds. The monoisotopic (exact) mass is 394 g/mol. The van der Waals surface area contributed by atoms with E-state index in [1.165, 1.54) is 44.1 Å². The van der Waals surface area contributed by atoms with Crippen molar-refractivity contribution >= 4 is 5.91 Å². The number of nitrogens with two attached hydrogens (primary N) is 1. The van der Waals surface area contributed by atoms with E-state index in [9.17, 15) is 4.79 Å². The third-order valence-electron chi connectivity index (χ3n) is 9.03. The average Bonchev–Trinajstić information content (AvgIpc) is 2.68. The molecule has 0 spiro atoms. The maximum Gasteiger partial charge on any atom is 0.226 e. The van der Waals surface area contributed by atoms with Gasteiger partial charge in [0.2, 0.25) is 5.91 Å². The lowest BCUT2D eigenvalue weighted by atomic mass is 9.38.